The predicted octanol–water partition coefficient (Wildman–Crippen LogP) is 5.02. The molecule has 0 aromatic heterocycles. The molecule has 1 heterocycles. The minimum absolute atomic E-state index is 0.0805. The van der Waals surface area contributed by atoms with Crippen molar-refractivity contribution in [2.75, 3.05) is 25.0 Å². The lowest BCUT2D eigenvalue weighted by Gasteiger charge is -2.36. The van der Waals surface area contributed by atoms with Crippen LogP contribution in [0.2, 0.25) is 0 Å². The van der Waals surface area contributed by atoms with Crippen molar-refractivity contribution in [3.05, 3.63) is 78.4 Å². The first-order valence-electron chi connectivity index (χ1n) is 8.76. The number of hydrogen-bond donors (Lipinski definition) is 1. The van der Waals surface area contributed by atoms with Crippen molar-refractivity contribution in [3.8, 4) is 0 Å². The summed E-state index contributed by atoms with van der Waals surface area (Å²) in [5, 5.41) is 3.53. The summed E-state index contributed by atoms with van der Waals surface area (Å²) in [6.45, 7) is 6.78. The van der Waals surface area contributed by atoms with Gasteiger partial charge in [0, 0.05) is 12.2 Å². The maximum atomic E-state index is 13.3. The highest BCUT2D eigenvalue weighted by atomic mass is 19.1. The second-order valence-electron chi connectivity index (χ2n) is 6.61. The van der Waals surface area contributed by atoms with Crippen molar-refractivity contribution in [1.29, 1.82) is 0 Å². The molecule has 1 atom stereocenters. The van der Waals surface area contributed by atoms with Crippen LogP contribution in [-0.4, -0.2) is 24.5 Å². The van der Waals surface area contributed by atoms with Crippen molar-refractivity contribution in [3.63, 3.8) is 0 Å². The van der Waals surface area contributed by atoms with Crippen molar-refractivity contribution >= 4 is 5.69 Å². The number of likely N-dealkylation sites (tertiary alicyclic amines) is 1. The van der Waals surface area contributed by atoms with Gasteiger partial charge in [0.15, 0.2) is 0 Å². The van der Waals surface area contributed by atoms with E-state index in [-0.39, 0.29) is 17.7 Å². The van der Waals surface area contributed by atoms with Gasteiger partial charge < -0.3 is 5.32 Å². The van der Waals surface area contributed by atoms with Crippen molar-refractivity contribution in [2.24, 2.45) is 5.92 Å². The van der Waals surface area contributed by atoms with Gasteiger partial charge in [-0.1, -0.05) is 18.2 Å². The molecular weight excluding hydrogens is 318 g/mol. The highest BCUT2D eigenvalue weighted by molar-refractivity contribution is 5.45. The fourth-order valence-corrected chi connectivity index (χ4v) is 3.52. The van der Waals surface area contributed by atoms with Gasteiger partial charge in [-0.25, -0.2) is 8.78 Å². The van der Waals surface area contributed by atoms with Gasteiger partial charge in [0.05, 0.1) is 6.04 Å². The van der Waals surface area contributed by atoms with Gasteiger partial charge in [-0.2, -0.15) is 0 Å². The third-order valence-electron chi connectivity index (χ3n) is 4.89. The quantitative estimate of drug-likeness (QED) is 0.742. The second kappa shape index (κ2) is 8.26. The Labute approximate surface area is 148 Å². The van der Waals surface area contributed by atoms with E-state index in [1.165, 1.54) is 24.3 Å². The molecule has 1 fully saturated rings. The minimum Gasteiger partial charge on any atom is -0.378 e. The van der Waals surface area contributed by atoms with E-state index >= 15 is 0 Å². The predicted molar refractivity (Wildman–Crippen MR) is 98.5 cm³/mol. The highest BCUT2D eigenvalue weighted by Crippen LogP contribution is 2.34. The first-order valence-corrected chi connectivity index (χ1v) is 8.76. The maximum absolute atomic E-state index is 13.3. The molecule has 2 aromatic carbocycles. The van der Waals surface area contributed by atoms with Crippen LogP contribution >= 0.6 is 0 Å². The molecule has 0 saturated carbocycles. The molecule has 4 heteroatoms. The Kier molecular flexibility index (Phi) is 5.82. The monoisotopic (exact) mass is 342 g/mol. The lowest BCUT2D eigenvalue weighted by molar-refractivity contribution is 0.188. The van der Waals surface area contributed by atoms with Gasteiger partial charge in [-0.3, -0.25) is 4.90 Å². The van der Waals surface area contributed by atoms with Gasteiger partial charge in [-0.15, -0.1) is 6.58 Å². The van der Waals surface area contributed by atoms with E-state index in [1.807, 2.05) is 18.2 Å². The van der Waals surface area contributed by atoms with E-state index in [0.29, 0.717) is 5.92 Å². The van der Waals surface area contributed by atoms with E-state index in [1.54, 1.807) is 12.1 Å². The zero-order chi connectivity index (χ0) is 17.6. The molecule has 0 amide bonds. The lowest BCUT2D eigenvalue weighted by atomic mass is 9.85. The van der Waals surface area contributed by atoms with Gasteiger partial charge in [-0.05, 0) is 73.8 Å². The normalized spacial score (nSPS) is 17.2. The number of halogens is 2. The maximum Gasteiger partial charge on any atom is 0.123 e. The molecule has 1 aliphatic rings. The van der Waals surface area contributed by atoms with E-state index in [0.717, 1.165) is 43.7 Å². The average Bonchev–Trinajstić information content (AvgIpc) is 2.63. The second-order valence-corrected chi connectivity index (χ2v) is 6.61. The van der Waals surface area contributed by atoms with Crippen molar-refractivity contribution in [2.45, 2.75) is 18.9 Å². The summed E-state index contributed by atoms with van der Waals surface area (Å²) in [7, 11) is 0. The highest BCUT2D eigenvalue weighted by Gasteiger charge is 2.27. The Bertz CT molecular complexity index is 674. The van der Waals surface area contributed by atoms with Crippen molar-refractivity contribution < 1.29 is 8.78 Å². The molecule has 25 heavy (non-hydrogen) atoms. The summed E-state index contributed by atoms with van der Waals surface area (Å²) in [6, 6.07) is 13.2. The van der Waals surface area contributed by atoms with Crippen LogP contribution in [0, 0.1) is 17.6 Å². The number of hydrogen-bond acceptors (Lipinski definition) is 2. The Balaban J connectivity index is 1.78. The number of anilines is 1. The number of nitrogens with zero attached hydrogens (tertiary/aromatic N) is 1. The molecule has 2 aromatic rings. The third kappa shape index (κ3) is 4.67. The Morgan fingerprint density at radius 3 is 2.12 bits per heavy atom. The van der Waals surface area contributed by atoms with E-state index in [2.05, 4.69) is 16.8 Å². The van der Waals surface area contributed by atoms with Gasteiger partial charge in [0.2, 0.25) is 0 Å². The van der Waals surface area contributed by atoms with E-state index < -0.39 is 0 Å². The topological polar surface area (TPSA) is 15.3 Å². The molecule has 0 radical (unpaired) electrons. The van der Waals surface area contributed by atoms with Crippen molar-refractivity contribution in [1.82, 2.24) is 4.90 Å². The Hall–Kier alpha value is -2.20. The molecule has 3 rings (SSSR count). The van der Waals surface area contributed by atoms with Crippen LogP contribution in [-0.2, 0) is 0 Å². The first-order chi connectivity index (χ1) is 12.2. The van der Waals surface area contributed by atoms with Crippen LogP contribution in [0.4, 0.5) is 14.5 Å². The first kappa shape index (κ1) is 17.6. The minimum atomic E-state index is -0.249. The average molecular weight is 342 g/mol. The SMILES string of the molecule is C=CCN1CCC(C(Nc2ccc(F)cc2)c2ccc(F)cc2)CC1. The fraction of sp³-hybridized carbons (Fsp3) is 0.333. The van der Waals surface area contributed by atoms with E-state index in [4.69, 9.17) is 0 Å². The standard InChI is InChI=1S/C21H24F2N2/c1-2-13-25-14-11-17(12-15-25)21(16-3-5-18(22)6-4-16)24-20-9-7-19(23)8-10-20/h2-10,17,21,24H,1,11-15H2. The summed E-state index contributed by atoms with van der Waals surface area (Å²) in [6.07, 6.45) is 4.06. The molecule has 0 bridgehead atoms. The Morgan fingerprint density at radius 1 is 1.00 bits per heavy atom. The molecule has 0 spiro atoms. The molecule has 2 nitrogen and oxygen atoms in total. The Morgan fingerprint density at radius 2 is 1.56 bits per heavy atom. The van der Waals surface area contributed by atoms with E-state index in [9.17, 15) is 8.78 Å². The van der Waals surface area contributed by atoms with Crippen LogP contribution in [0.15, 0.2) is 61.2 Å². The van der Waals surface area contributed by atoms with Crippen LogP contribution < -0.4 is 5.32 Å². The van der Waals surface area contributed by atoms with Gasteiger partial charge >= 0.3 is 0 Å². The zero-order valence-electron chi connectivity index (χ0n) is 14.3. The molecule has 132 valence electrons. The summed E-state index contributed by atoms with van der Waals surface area (Å²) < 4.78 is 26.5. The number of nitrogens with one attached hydrogen (secondary N) is 1. The molecule has 1 saturated heterocycles. The summed E-state index contributed by atoms with van der Waals surface area (Å²) >= 11 is 0. The molecule has 1 unspecified atom stereocenters. The number of rotatable bonds is 6. The van der Waals surface area contributed by atoms with Crippen LogP contribution in [0.5, 0.6) is 0 Å². The van der Waals surface area contributed by atoms with Crippen LogP contribution in [0.3, 0.4) is 0 Å². The summed E-state index contributed by atoms with van der Waals surface area (Å²) in [5.41, 5.74) is 1.94. The van der Waals surface area contributed by atoms with Crippen LogP contribution in [0.1, 0.15) is 24.4 Å². The zero-order valence-corrected chi connectivity index (χ0v) is 14.3. The number of benzene rings is 2. The molecule has 0 aliphatic carbocycles. The third-order valence-corrected chi connectivity index (χ3v) is 4.89. The number of piperidine rings is 1. The van der Waals surface area contributed by atoms with Crippen LogP contribution in [0.25, 0.3) is 0 Å². The molecule has 1 aliphatic heterocycles. The lowest BCUT2D eigenvalue weighted by Crippen LogP contribution is -2.37. The smallest absolute Gasteiger partial charge is 0.123 e. The van der Waals surface area contributed by atoms with Gasteiger partial charge in [0.25, 0.3) is 0 Å². The fourth-order valence-electron chi connectivity index (χ4n) is 3.52. The molecular formula is C21H24F2N2. The largest absolute Gasteiger partial charge is 0.378 e. The molecule has 1 N–H and O–H groups in total. The summed E-state index contributed by atoms with van der Waals surface area (Å²) in [4.78, 5) is 2.39. The summed E-state index contributed by atoms with van der Waals surface area (Å²) in [5.74, 6) is -0.0386. The van der Waals surface area contributed by atoms with Gasteiger partial charge in [0.1, 0.15) is 11.6 Å².